The molecule has 0 bridgehead atoms. The summed E-state index contributed by atoms with van der Waals surface area (Å²) in [5, 5.41) is 8.77. The lowest BCUT2D eigenvalue weighted by Gasteiger charge is -2.04. The van der Waals surface area contributed by atoms with E-state index in [2.05, 4.69) is 0 Å². The summed E-state index contributed by atoms with van der Waals surface area (Å²) in [5.74, 6) is 0.843. The van der Waals surface area contributed by atoms with Crippen LogP contribution in [0.15, 0.2) is 0 Å². The lowest BCUT2D eigenvalue weighted by Crippen LogP contribution is -1.85. The highest BCUT2D eigenvalue weighted by atomic mass is 35.5. The van der Waals surface area contributed by atoms with Gasteiger partial charge in [-0.25, -0.2) is 0 Å². The molecule has 1 N–H and O–H groups in total. The first-order valence-electron chi connectivity index (χ1n) is 15.6. The van der Waals surface area contributed by atoms with Gasteiger partial charge in [-0.05, 0) is 12.8 Å². The molecule has 0 rings (SSSR count). The summed E-state index contributed by atoms with van der Waals surface area (Å²) < 4.78 is 0. The molecule has 200 valence electrons. The second-order valence-corrected chi connectivity index (χ2v) is 11.0. The summed E-state index contributed by atoms with van der Waals surface area (Å²) in [6.45, 7) is 0.372. The SMILES string of the molecule is OCCCCCCCCCCCCCCCCCCCCCCCCCCCCCCCCl. The molecule has 0 atom stereocenters. The van der Waals surface area contributed by atoms with E-state index in [1.807, 2.05) is 0 Å². The molecule has 0 heterocycles. The van der Waals surface area contributed by atoms with Crippen LogP contribution in [-0.4, -0.2) is 17.6 Å². The number of hydrogen-bond donors (Lipinski definition) is 1. The third-order valence-corrected chi connectivity index (χ3v) is 7.56. The number of alkyl halides is 1. The summed E-state index contributed by atoms with van der Waals surface area (Å²) in [4.78, 5) is 0. The van der Waals surface area contributed by atoms with Crippen LogP contribution in [0.5, 0.6) is 0 Å². The Hall–Kier alpha value is 0.250. The van der Waals surface area contributed by atoms with E-state index in [4.69, 9.17) is 16.7 Å². The Kier molecular flexibility index (Phi) is 32.5. The lowest BCUT2D eigenvalue weighted by atomic mass is 10.0. The van der Waals surface area contributed by atoms with Crippen LogP contribution in [0.3, 0.4) is 0 Å². The molecule has 0 aromatic carbocycles. The highest BCUT2D eigenvalue weighted by Gasteiger charge is 1.96. The van der Waals surface area contributed by atoms with Crippen molar-refractivity contribution in [3.63, 3.8) is 0 Å². The third-order valence-electron chi connectivity index (χ3n) is 7.29. The normalized spacial score (nSPS) is 11.5. The molecule has 0 aliphatic heterocycles. The summed E-state index contributed by atoms with van der Waals surface area (Å²) in [5.41, 5.74) is 0. The average Bonchev–Trinajstić information content (AvgIpc) is 2.83. The zero-order valence-electron chi connectivity index (χ0n) is 22.7. The van der Waals surface area contributed by atoms with Gasteiger partial charge in [0.15, 0.2) is 0 Å². The van der Waals surface area contributed by atoms with Crippen molar-refractivity contribution in [2.24, 2.45) is 0 Å². The van der Waals surface area contributed by atoms with Crippen molar-refractivity contribution in [2.75, 3.05) is 12.5 Å². The van der Waals surface area contributed by atoms with Crippen molar-refractivity contribution in [2.45, 2.75) is 186 Å². The van der Waals surface area contributed by atoms with E-state index in [0.717, 1.165) is 12.3 Å². The van der Waals surface area contributed by atoms with Gasteiger partial charge in [-0.2, -0.15) is 0 Å². The van der Waals surface area contributed by atoms with Gasteiger partial charge in [0.05, 0.1) is 0 Å². The van der Waals surface area contributed by atoms with Crippen molar-refractivity contribution in [1.82, 2.24) is 0 Å². The molecule has 0 fully saturated rings. The number of aliphatic hydroxyl groups is 1. The molecule has 0 radical (unpaired) electrons. The number of unbranched alkanes of at least 4 members (excludes halogenated alkanes) is 28. The Labute approximate surface area is 215 Å². The molecule has 33 heavy (non-hydrogen) atoms. The van der Waals surface area contributed by atoms with Crippen LogP contribution < -0.4 is 0 Å². The molecule has 0 saturated heterocycles. The molecule has 2 heteroatoms. The highest BCUT2D eigenvalue weighted by Crippen LogP contribution is 2.16. The van der Waals surface area contributed by atoms with E-state index in [0.29, 0.717) is 6.61 Å². The fraction of sp³-hybridized carbons (Fsp3) is 1.00. The molecule has 0 saturated carbocycles. The fourth-order valence-corrected chi connectivity index (χ4v) is 5.17. The minimum Gasteiger partial charge on any atom is -0.396 e. The van der Waals surface area contributed by atoms with E-state index in [-0.39, 0.29) is 0 Å². The summed E-state index contributed by atoms with van der Waals surface area (Å²) >= 11 is 5.71. The van der Waals surface area contributed by atoms with Crippen LogP contribution >= 0.6 is 11.6 Å². The van der Waals surface area contributed by atoms with Gasteiger partial charge in [-0.15, -0.1) is 11.6 Å². The molecule has 1 nitrogen and oxygen atoms in total. The molecule has 0 aromatic rings. The molecular formula is C31H63ClO. The monoisotopic (exact) mass is 486 g/mol. The molecular weight excluding hydrogens is 424 g/mol. The predicted molar refractivity (Wildman–Crippen MR) is 152 cm³/mol. The number of rotatable bonds is 30. The first-order valence-corrected chi connectivity index (χ1v) is 16.1. The second-order valence-electron chi connectivity index (χ2n) is 10.7. The van der Waals surface area contributed by atoms with E-state index in [9.17, 15) is 0 Å². The van der Waals surface area contributed by atoms with Gasteiger partial charge in [0.2, 0.25) is 0 Å². The van der Waals surface area contributed by atoms with Crippen LogP contribution in [0.2, 0.25) is 0 Å². The van der Waals surface area contributed by atoms with Crippen molar-refractivity contribution >= 4 is 11.6 Å². The molecule has 0 spiro atoms. The van der Waals surface area contributed by atoms with Crippen LogP contribution in [0, 0.1) is 0 Å². The molecule has 0 aliphatic carbocycles. The van der Waals surface area contributed by atoms with Gasteiger partial charge < -0.3 is 5.11 Å². The molecule has 0 aliphatic rings. The maximum Gasteiger partial charge on any atom is 0.0431 e. The standard InChI is InChI=1S/C31H63ClO/c32-30-28-26-24-22-20-18-16-14-12-10-8-6-4-2-1-3-5-7-9-11-13-15-17-19-21-23-25-27-29-31-33/h33H,1-31H2. The minimum atomic E-state index is 0.372. The van der Waals surface area contributed by atoms with Crippen molar-refractivity contribution in [3.8, 4) is 0 Å². The van der Waals surface area contributed by atoms with Gasteiger partial charge >= 0.3 is 0 Å². The second kappa shape index (κ2) is 32.2. The van der Waals surface area contributed by atoms with Gasteiger partial charge in [0.25, 0.3) is 0 Å². The predicted octanol–water partition coefficient (Wildman–Crippen LogP) is 11.5. The zero-order valence-corrected chi connectivity index (χ0v) is 23.5. The number of hydrogen-bond acceptors (Lipinski definition) is 1. The lowest BCUT2D eigenvalue weighted by molar-refractivity contribution is 0.282. The first kappa shape index (κ1) is 33.2. The van der Waals surface area contributed by atoms with Gasteiger partial charge in [-0.1, -0.05) is 173 Å². The Bertz CT molecular complexity index is 290. The van der Waals surface area contributed by atoms with E-state index in [1.54, 1.807) is 0 Å². The molecule has 0 amide bonds. The highest BCUT2D eigenvalue weighted by molar-refractivity contribution is 6.17. The number of aliphatic hydroxyl groups excluding tert-OH is 1. The first-order chi connectivity index (χ1) is 16.4. The summed E-state index contributed by atoms with van der Waals surface area (Å²) in [7, 11) is 0. The Morgan fingerprint density at radius 2 is 0.394 bits per heavy atom. The van der Waals surface area contributed by atoms with Crippen LogP contribution in [0.25, 0.3) is 0 Å². The molecule has 0 unspecified atom stereocenters. The van der Waals surface area contributed by atoms with Gasteiger partial charge in [0.1, 0.15) is 0 Å². The van der Waals surface area contributed by atoms with Gasteiger partial charge in [-0.3, -0.25) is 0 Å². The Balaban J connectivity index is 2.99. The van der Waals surface area contributed by atoms with Crippen LogP contribution in [-0.2, 0) is 0 Å². The number of halogens is 1. The van der Waals surface area contributed by atoms with E-state index in [1.165, 1.54) is 180 Å². The van der Waals surface area contributed by atoms with Gasteiger partial charge in [0, 0.05) is 12.5 Å². The zero-order chi connectivity index (χ0) is 23.9. The minimum absolute atomic E-state index is 0.372. The third kappa shape index (κ3) is 32.2. The average molecular weight is 487 g/mol. The van der Waals surface area contributed by atoms with E-state index < -0.39 is 0 Å². The molecule has 0 aromatic heterocycles. The summed E-state index contributed by atoms with van der Waals surface area (Å²) in [6, 6.07) is 0. The quantitative estimate of drug-likeness (QED) is 0.0789. The van der Waals surface area contributed by atoms with Crippen molar-refractivity contribution in [1.29, 1.82) is 0 Å². The maximum atomic E-state index is 8.77. The van der Waals surface area contributed by atoms with Crippen LogP contribution in [0.4, 0.5) is 0 Å². The Morgan fingerprint density at radius 1 is 0.242 bits per heavy atom. The summed E-state index contributed by atoms with van der Waals surface area (Å²) in [6.07, 6.45) is 40.9. The van der Waals surface area contributed by atoms with Crippen molar-refractivity contribution in [3.05, 3.63) is 0 Å². The maximum absolute atomic E-state index is 8.77. The largest absolute Gasteiger partial charge is 0.396 e. The topological polar surface area (TPSA) is 20.2 Å². The van der Waals surface area contributed by atoms with E-state index >= 15 is 0 Å². The van der Waals surface area contributed by atoms with Crippen molar-refractivity contribution < 1.29 is 5.11 Å². The Morgan fingerprint density at radius 3 is 0.545 bits per heavy atom. The fourth-order valence-electron chi connectivity index (χ4n) is 4.98. The van der Waals surface area contributed by atoms with Crippen LogP contribution in [0.1, 0.15) is 186 Å². The smallest absolute Gasteiger partial charge is 0.0431 e.